The molecule has 1 rings (SSSR count). The fourth-order valence-electron chi connectivity index (χ4n) is 0.661. The highest BCUT2D eigenvalue weighted by molar-refractivity contribution is 14.1. The third kappa shape index (κ3) is 2.05. The highest BCUT2D eigenvalue weighted by Crippen LogP contribution is 2.28. The van der Waals surface area contributed by atoms with E-state index in [-0.39, 0.29) is 5.82 Å². The van der Waals surface area contributed by atoms with Crippen LogP contribution >= 0.6 is 38.5 Å². The van der Waals surface area contributed by atoms with Crippen LogP contribution in [0.3, 0.4) is 0 Å². The second-order valence-electron chi connectivity index (χ2n) is 1.90. The van der Waals surface area contributed by atoms with Gasteiger partial charge in [-0.1, -0.05) is 0 Å². The lowest BCUT2D eigenvalue weighted by molar-refractivity contribution is 0.408. The second kappa shape index (κ2) is 3.71. The van der Waals surface area contributed by atoms with Crippen LogP contribution in [0, 0.1) is 9.39 Å². The molecule has 0 aromatic heterocycles. The fraction of sp³-hybridized carbons (Fsp3) is 0.143. The van der Waals surface area contributed by atoms with E-state index in [0.29, 0.717) is 9.32 Å². The van der Waals surface area contributed by atoms with Gasteiger partial charge in [-0.2, -0.15) is 0 Å². The average Bonchev–Trinajstić information content (AvgIpc) is 1.97. The highest BCUT2D eigenvalue weighted by atomic mass is 127. The Kier molecular flexibility index (Phi) is 3.12. The monoisotopic (exact) mass is 330 g/mol. The standard InChI is InChI=1S/C7H5BrFIO/c1-11-7-3-5(9)6(10)2-4(7)8/h2-3H,1H3. The van der Waals surface area contributed by atoms with E-state index >= 15 is 0 Å². The van der Waals surface area contributed by atoms with Gasteiger partial charge >= 0.3 is 0 Å². The van der Waals surface area contributed by atoms with Crippen molar-refractivity contribution in [3.05, 3.63) is 26.0 Å². The zero-order chi connectivity index (χ0) is 8.43. The van der Waals surface area contributed by atoms with Gasteiger partial charge in [-0.15, -0.1) is 0 Å². The molecule has 11 heavy (non-hydrogen) atoms. The Labute approximate surface area is 86.2 Å². The van der Waals surface area contributed by atoms with Gasteiger partial charge in [-0.05, 0) is 44.6 Å². The van der Waals surface area contributed by atoms with Crippen LogP contribution in [0.25, 0.3) is 0 Å². The molecule has 0 aliphatic carbocycles. The summed E-state index contributed by atoms with van der Waals surface area (Å²) in [6.07, 6.45) is 0. The van der Waals surface area contributed by atoms with Crippen LogP contribution in [0.5, 0.6) is 5.75 Å². The van der Waals surface area contributed by atoms with Crippen LogP contribution in [0.4, 0.5) is 4.39 Å². The SMILES string of the molecule is COc1cc(F)c(I)cc1Br. The summed E-state index contributed by atoms with van der Waals surface area (Å²) in [7, 11) is 1.51. The van der Waals surface area contributed by atoms with Gasteiger partial charge in [0.2, 0.25) is 0 Å². The third-order valence-corrected chi connectivity index (χ3v) is 2.64. The summed E-state index contributed by atoms with van der Waals surface area (Å²) in [6.45, 7) is 0. The van der Waals surface area contributed by atoms with Crippen LogP contribution in [-0.2, 0) is 0 Å². The minimum absolute atomic E-state index is 0.259. The minimum Gasteiger partial charge on any atom is -0.495 e. The van der Waals surface area contributed by atoms with Crippen molar-refractivity contribution in [1.82, 2.24) is 0 Å². The Morgan fingerprint density at radius 1 is 1.55 bits per heavy atom. The molecule has 4 heteroatoms. The Morgan fingerprint density at radius 2 is 2.18 bits per heavy atom. The number of ether oxygens (including phenoxy) is 1. The molecule has 0 heterocycles. The Hall–Kier alpha value is 0.160. The van der Waals surface area contributed by atoms with Crippen LogP contribution in [0.1, 0.15) is 0 Å². The maximum atomic E-state index is 12.8. The van der Waals surface area contributed by atoms with Crippen LogP contribution in [-0.4, -0.2) is 7.11 Å². The van der Waals surface area contributed by atoms with Gasteiger partial charge in [0.15, 0.2) is 0 Å². The summed E-state index contributed by atoms with van der Waals surface area (Å²) in [5.41, 5.74) is 0. The van der Waals surface area contributed by atoms with Crippen LogP contribution in [0.15, 0.2) is 16.6 Å². The van der Waals surface area contributed by atoms with E-state index in [1.165, 1.54) is 13.2 Å². The Bertz CT molecular complexity index is 277. The lowest BCUT2D eigenvalue weighted by Gasteiger charge is -2.03. The first-order chi connectivity index (χ1) is 5.15. The molecular weight excluding hydrogens is 326 g/mol. The predicted octanol–water partition coefficient (Wildman–Crippen LogP) is 3.20. The first kappa shape index (κ1) is 9.25. The van der Waals surface area contributed by atoms with Gasteiger partial charge in [-0.3, -0.25) is 0 Å². The quantitative estimate of drug-likeness (QED) is 0.567. The number of rotatable bonds is 1. The molecule has 0 bridgehead atoms. The van der Waals surface area contributed by atoms with Gasteiger partial charge in [0.05, 0.1) is 15.2 Å². The third-order valence-electron chi connectivity index (χ3n) is 1.19. The molecule has 0 unspecified atom stereocenters. The number of hydrogen-bond acceptors (Lipinski definition) is 1. The van der Waals surface area contributed by atoms with E-state index in [1.807, 2.05) is 22.6 Å². The Morgan fingerprint density at radius 3 is 2.73 bits per heavy atom. The van der Waals surface area contributed by atoms with Crippen molar-refractivity contribution >= 4 is 38.5 Å². The lowest BCUT2D eigenvalue weighted by atomic mass is 10.3. The van der Waals surface area contributed by atoms with E-state index < -0.39 is 0 Å². The molecule has 60 valence electrons. The molecule has 0 N–H and O–H groups in total. The van der Waals surface area contributed by atoms with Gasteiger partial charge in [0.25, 0.3) is 0 Å². The number of methoxy groups -OCH3 is 1. The van der Waals surface area contributed by atoms with Crippen LogP contribution in [0.2, 0.25) is 0 Å². The molecule has 0 saturated carbocycles. The van der Waals surface area contributed by atoms with Crippen molar-refractivity contribution in [2.24, 2.45) is 0 Å². The molecule has 0 spiro atoms. The van der Waals surface area contributed by atoms with E-state index in [1.54, 1.807) is 6.07 Å². The van der Waals surface area contributed by atoms with Crippen molar-refractivity contribution in [1.29, 1.82) is 0 Å². The summed E-state index contributed by atoms with van der Waals surface area (Å²) >= 11 is 5.17. The van der Waals surface area contributed by atoms with Crippen molar-refractivity contribution < 1.29 is 9.13 Å². The number of halogens is 3. The van der Waals surface area contributed by atoms with Crippen molar-refractivity contribution in [3.8, 4) is 5.75 Å². The molecule has 0 aliphatic rings. The molecule has 0 radical (unpaired) electrons. The second-order valence-corrected chi connectivity index (χ2v) is 3.92. The first-order valence-corrected chi connectivity index (χ1v) is 4.71. The molecule has 0 aliphatic heterocycles. The average molecular weight is 331 g/mol. The zero-order valence-electron chi connectivity index (χ0n) is 5.70. The molecule has 0 fully saturated rings. The largest absolute Gasteiger partial charge is 0.495 e. The summed E-state index contributed by atoms with van der Waals surface area (Å²) in [4.78, 5) is 0. The van der Waals surface area contributed by atoms with Gasteiger partial charge in [-0.25, -0.2) is 4.39 Å². The van der Waals surface area contributed by atoms with Gasteiger partial charge < -0.3 is 4.74 Å². The molecule has 0 saturated heterocycles. The smallest absolute Gasteiger partial charge is 0.140 e. The van der Waals surface area contributed by atoms with E-state index in [0.717, 1.165) is 4.47 Å². The normalized spacial score (nSPS) is 9.82. The molecular formula is C7H5BrFIO. The van der Waals surface area contributed by atoms with E-state index in [2.05, 4.69) is 15.9 Å². The lowest BCUT2D eigenvalue weighted by Crippen LogP contribution is -1.88. The van der Waals surface area contributed by atoms with Gasteiger partial charge in [0.1, 0.15) is 11.6 Å². The summed E-state index contributed by atoms with van der Waals surface area (Å²) in [5, 5.41) is 0. The van der Waals surface area contributed by atoms with Crippen molar-refractivity contribution in [3.63, 3.8) is 0 Å². The topological polar surface area (TPSA) is 9.23 Å². The maximum Gasteiger partial charge on any atom is 0.140 e. The van der Waals surface area contributed by atoms with Crippen molar-refractivity contribution in [2.75, 3.05) is 7.11 Å². The molecule has 0 amide bonds. The number of benzene rings is 1. The number of hydrogen-bond donors (Lipinski definition) is 0. The van der Waals surface area contributed by atoms with Crippen molar-refractivity contribution in [2.45, 2.75) is 0 Å². The van der Waals surface area contributed by atoms with Crippen LogP contribution < -0.4 is 4.74 Å². The predicted molar refractivity (Wildman–Crippen MR) is 53.4 cm³/mol. The van der Waals surface area contributed by atoms with E-state index in [9.17, 15) is 4.39 Å². The summed E-state index contributed by atoms with van der Waals surface area (Å²) in [6, 6.07) is 3.03. The zero-order valence-corrected chi connectivity index (χ0v) is 9.44. The summed E-state index contributed by atoms with van der Waals surface area (Å²) in [5.74, 6) is 0.258. The maximum absolute atomic E-state index is 12.8. The molecule has 1 nitrogen and oxygen atoms in total. The first-order valence-electron chi connectivity index (χ1n) is 2.83. The molecule has 0 atom stereocenters. The van der Waals surface area contributed by atoms with Gasteiger partial charge in [0, 0.05) is 6.07 Å². The molecule has 1 aromatic carbocycles. The fourth-order valence-corrected chi connectivity index (χ4v) is 2.06. The highest BCUT2D eigenvalue weighted by Gasteiger charge is 2.05. The van der Waals surface area contributed by atoms with E-state index in [4.69, 9.17) is 4.74 Å². The summed E-state index contributed by atoms with van der Waals surface area (Å²) < 4.78 is 19.1. The minimum atomic E-state index is -0.259. The molecule has 1 aromatic rings. The Balaban J connectivity index is 3.21.